The molecule has 0 spiro atoms. The van der Waals surface area contributed by atoms with Gasteiger partial charge in [-0.05, 0) is 31.2 Å². The Morgan fingerprint density at radius 1 is 1.40 bits per heavy atom. The van der Waals surface area contributed by atoms with Gasteiger partial charge in [-0.1, -0.05) is 31.2 Å². The third kappa shape index (κ3) is 1.97. The summed E-state index contributed by atoms with van der Waals surface area (Å²) in [4.78, 5) is 4.39. The third-order valence-electron chi connectivity index (χ3n) is 4.50. The highest BCUT2D eigenvalue weighted by Crippen LogP contribution is 2.50. The summed E-state index contributed by atoms with van der Waals surface area (Å²) >= 11 is 0. The van der Waals surface area contributed by atoms with Gasteiger partial charge < -0.3 is 5.11 Å². The van der Waals surface area contributed by atoms with Gasteiger partial charge in [0.05, 0.1) is 23.1 Å². The van der Waals surface area contributed by atoms with Gasteiger partial charge in [-0.3, -0.25) is 4.98 Å². The van der Waals surface area contributed by atoms with Crippen LogP contribution in [-0.4, -0.2) is 10.1 Å². The molecule has 1 aromatic heterocycles. The summed E-state index contributed by atoms with van der Waals surface area (Å²) in [6.07, 6.45) is 3.48. The zero-order valence-corrected chi connectivity index (χ0v) is 11.6. The van der Waals surface area contributed by atoms with Crippen molar-refractivity contribution in [3.05, 3.63) is 42.1 Å². The molecule has 1 heterocycles. The van der Waals surface area contributed by atoms with Crippen LogP contribution in [0, 0.1) is 22.7 Å². The van der Waals surface area contributed by atoms with Crippen LogP contribution < -0.4 is 0 Å². The van der Waals surface area contributed by atoms with Gasteiger partial charge in [-0.15, -0.1) is 0 Å². The molecule has 1 aromatic carbocycles. The van der Waals surface area contributed by atoms with Crippen molar-refractivity contribution in [3.8, 4) is 6.07 Å². The summed E-state index contributed by atoms with van der Waals surface area (Å²) in [5.41, 5.74) is 0.918. The molecule has 2 aromatic rings. The molecule has 102 valence electrons. The number of aliphatic hydroxyl groups is 1. The number of nitrogens with zero attached hydrogens (tertiary/aromatic N) is 2. The number of fused-ring (bicyclic) bond motifs is 1. The maximum Gasteiger partial charge on any atom is 0.0997 e. The van der Waals surface area contributed by atoms with Crippen LogP contribution in [0.2, 0.25) is 0 Å². The number of benzene rings is 1. The van der Waals surface area contributed by atoms with E-state index in [4.69, 9.17) is 0 Å². The molecule has 0 aliphatic heterocycles. The number of aromatic nitrogens is 1. The van der Waals surface area contributed by atoms with Gasteiger partial charge in [-0.25, -0.2) is 0 Å². The Morgan fingerprint density at radius 3 is 2.90 bits per heavy atom. The van der Waals surface area contributed by atoms with Crippen molar-refractivity contribution in [2.75, 3.05) is 0 Å². The second-order valence-corrected chi connectivity index (χ2v) is 5.94. The second-order valence-electron chi connectivity index (χ2n) is 5.94. The van der Waals surface area contributed by atoms with Crippen LogP contribution in [0.25, 0.3) is 10.9 Å². The monoisotopic (exact) mass is 266 g/mol. The lowest BCUT2D eigenvalue weighted by Gasteiger charge is -2.28. The van der Waals surface area contributed by atoms with Crippen LogP contribution in [0.3, 0.4) is 0 Å². The lowest BCUT2D eigenvalue weighted by Crippen LogP contribution is -2.24. The normalized spacial score (nSPS) is 27.4. The first kappa shape index (κ1) is 13.1. The molecular formula is C17H18N2O. The van der Waals surface area contributed by atoms with Crippen LogP contribution >= 0.6 is 0 Å². The molecule has 3 heteroatoms. The van der Waals surface area contributed by atoms with Crippen LogP contribution in [0.15, 0.2) is 36.5 Å². The quantitative estimate of drug-likeness (QED) is 0.903. The van der Waals surface area contributed by atoms with E-state index < -0.39 is 11.5 Å². The average Bonchev–Trinajstić information content (AvgIpc) is 2.88. The van der Waals surface area contributed by atoms with E-state index in [0.29, 0.717) is 5.92 Å². The molecule has 0 radical (unpaired) electrons. The van der Waals surface area contributed by atoms with Crippen LogP contribution in [-0.2, 0) is 0 Å². The molecule has 1 fully saturated rings. The van der Waals surface area contributed by atoms with E-state index in [-0.39, 0.29) is 0 Å². The van der Waals surface area contributed by atoms with Gasteiger partial charge >= 0.3 is 0 Å². The fourth-order valence-electron chi connectivity index (χ4n) is 3.39. The number of pyridine rings is 1. The van der Waals surface area contributed by atoms with Crippen molar-refractivity contribution in [2.45, 2.75) is 32.3 Å². The van der Waals surface area contributed by atoms with Gasteiger partial charge in [0.25, 0.3) is 0 Å². The van der Waals surface area contributed by atoms with E-state index in [1.807, 2.05) is 30.3 Å². The summed E-state index contributed by atoms with van der Waals surface area (Å²) in [6, 6.07) is 12.1. The Kier molecular flexibility index (Phi) is 3.19. The largest absolute Gasteiger partial charge is 0.387 e. The van der Waals surface area contributed by atoms with Crippen molar-refractivity contribution in [1.82, 2.24) is 4.98 Å². The number of rotatable bonds is 2. The molecule has 3 unspecified atom stereocenters. The van der Waals surface area contributed by atoms with Crippen LogP contribution in [0.1, 0.15) is 37.9 Å². The lowest BCUT2D eigenvalue weighted by molar-refractivity contribution is 0.0658. The van der Waals surface area contributed by atoms with Crippen LogP contribution in [0.4, 0.5) is 0 Å². The van der Waals surface area contributed by atoms with Gasteiger partial charge in [0.2, 0.25) is 0 Å². The maximum absolute atomic E-state index is 10.8. The maximum atomic E-state index is 10.8. The SMILES string of the molecule is CC1CCC(C#N)(C(O)c2cccc3cccnc23)C1. The summed E-state index contributed by atoms with van der Waals surface area (Å²) in [7, 11) is 0. The first-order chi connectivity index (χ1) is 9.66. The Labute approximate surface area is 118 Å². The fourth-order valence-corrected chi connectivity index (χ4v) is 3.39. The summed E-state index contributed by atoms with van der Waals surface area (Å²) in [5.74, 6) is 0.493. The Morgan fingerprint density at radius 2 is 2.20 bits per heavy atom. The Balaban J connectivity index is 2.09. The molecule has 3 rings (SSSR count). The van der Waals surface area contributed by atoms with E-state index >= 15 is 0 Å². The van der Waals surface area contributed by atoms with Gasteiger partial charge in [-0.2, -0.15) is 5.26 Å². The predicted molar refractivity (Wildman–Crippen MR) is 77.8 cm³/mol. The number of aliphatic hydroxyl groups excluding tert-OH is 1. The number of para-hydroxylation sites is 1. The molecule has 3 atom stereocenters. The van der Waals surface area contributed by atoms with Crippen molar-refractivity contribution in [1.29, 1.82) is 5.26 Å². The molecule has 1 saturated carbocycles. The van der Waals surface area contributed by atoms with Crippen molar-refractivity contribution in [2.24, 2.45) is 11.3 Å². The first-order valence-electron chi connectivity index (χ1n) is 7.09. The standard InChI is InChI=1S/C17H18N2O/c1-12-7-8-17(10-12,11-18)16(20)14-6-2-4-13-5-3-9-19-15(13)14/h2-6,9,12,16,20H,7-8,10H2,1H3. The zero-order chi connectivity index (χ0) is 14.2. The van der Waals surface area contributed by atoms with Crippen LogP contribution in [0.5, 0.6) is 0 Å². The highest BCUT2D eigenvalue weighted by atomic mass is 16.3. The van der Waals surface area contributed by atoms with E-state index in [9.17, 15) is 10.4 Å². The van der Waals surface area contributed by atoms with Gasteiger partial charge in [0.1, 0.15) is 0 Å². The zero-order valence-electron chi connectivity index (χ0n) is 11.6. The molecule has 1 aliphatic carbocycles. The average molecular weight is 266 g/mol. The topological polar surface area (TPSA) is 56.9 Å². The minimum atomic E-state index is -0.768. The van der Waals surface area contributed by atoms with Gasteiger partial charge in [0.15, 0.2) is 0 Å². The van der Waals surface area contributed by atoms with Crippen molar-refractivity contribution in [3.63, 3.8) is 0 Å². The van der Waals surface area contributed by atoms with Crippen molar-refractivity contribution >= 4 is 10.9 Å². The highest BCUT2D eigenvalue weighted by Gasteiger charge is 2.45. The molecule has 0 amide bonds. The molecule has 1 aliphatic rings. The minimum absolute atomic E-state index is 0.493. The predicted octanol–water partition coefficient (Wildman–Crippen LogP) is 3.60. The van der Waals surface area contributed by atoms with E-state index in [1.54, 1.807) is 6.20 Å². The molecule has 3 nitrogen and oxygen atoms in total. The van der Waals surface area contributed by atoms with E-state index in [1.165, 1.54) is 0 Å². The smallest absolute Gasteiger partial charge is 0.0997 e. The third-order valence-corrected chi connectivity index (χ3v) is 4.50. The Hall–Kier alpha value is -1.92. The number of nitriles is 1. The second kappa shape index (κ2) is 4.88. The van der Waals surface area contributed by atoms with E-state index in [2.05, 4.69) is 18.0 Å². The molecule has 0 bridgehead atoms. The summed E-state index contributed by atoms with van der Waals surface area (Å²) in [6.45, 7) is 2.15. The molecular weight excluding hydrogens is 248 g/mol. The van der Waals surface area contributed by atoms with Gasteiger partial charge in [0, 0.05) is 17.1 Å². The number of hydrogen-bond donors (Lipinski definition) is 1. The highest BCUT2D eigenvalue weighted by molar-refractivity contribution is 5.82. The number of hydrogen-bond acceptors (Lipinski definition) is 3. The summed E-state index contributed by atoms with van der Waals surface area (Å²) in [5, 5.41) is 21.4. The Bertz CT molecular complexity index is 671. The molecule has 0 saturated heterocycles. The fraction of sp³-hybridized carbons (Fsp3) is 0.412. The van der Waals surface area contributed by atoms with Crippen molar-refractivity contribution < 1.29 is 5.11 Å². The van der Waals surface area contributed by atoms with E-state index in [0.717, 1.165) is 35.7 Å². The summed E-state index contributed by atoms with van der Waals surface area (Å²) < 4.78 is 0. The molecule has 1 N–H and O–H groups in total. The minimum Gasteiger partial charge on any atom is -0.387 e. The first-order valence-corrected chi connectivity index (χ1v) is 7.09. The molecule has 20 heavy (non-hydrogen) atoms. The lowest BCUT2D eigenvalue weighted by atomic mass is 9.77.